The highest BCUT2D eigenvalue weighted by Gasteiger charge is 1.97. The van der Waals surface area contributed by atoms with E-state index >= 15 is 0 Å². The van der Waals surface area contributed by atoms with E-state index in [4.69, 9.17) is 16.4 Å². The highest BCUT2D eigenvalue weighted by Crippen LogP contribution is 1.99. The molecule has 0 saturated heterocycles. The maximum Gasteiger partial charge on any atom is 0.0804 e. The van der Waals surface area contributed by atoms with E-state index in [0.717, 1.165) is 4.73 Å². The second kappa shape index (κ2) is 2.06. The van der Waals surface area contributed by atoms with Crippen molar-refractivity contribution in [2.75, 3.05) is 5.73 Å². The van der Waals surface area contributed by atoms with E-state index in [1.54, 1.807) is 6.92 Å². The van der Waals surface area contributed by atoms with Gasteiger partial charge >= 0.3 is 0 Å². The summed E-state index contributed by atoms with van der Waals surface area (Å²) in [5, 5.41) is 16.4. The van der Waals surface area contributed by atoms with Gasteiger partial charge in [0.15, 0.2) is 0 Å². The molecule has 4 heteroatoms. The van der Waals surface area contributed by atoms with Crippen LogP contribution in [0, 0.1) is 12.3 Å². The van der Waals surface area contributed by atoms with Crippen molar-refractivity contribution in [1.82, 2.24) is 4.73 Å². The van der Waals surface area contributed by atoms with Crippen molar-refractivity contribution < 1.29 is 5.21 Å². The van der Waals surface area contributed by atoms with Gasteiger partial charge in [-0.05, 0) is 13.0 Å². The fourth-order valence-corrected chi connectivity index (χ4v) is 0.665. The summed E-state index contributed by atoms with van der Waals surface area (Å²) in [7, 11) is 0. The van der Waals surface area contributed by atoms with Gasteiger partial charge in [-0.1, -0.05) is 0 Å². The third kappa shape index (κ3) is 0.834. The quantitative estimate of drug-likeness (QED) is 0.446. The molecular formula is C6H9N3O. The van der Waals surface area contributed by atoms with Gasteiger partial charge in [-0.25, -0.2) is 0 Å². The summed E-state index contributed by atoms with van der Waals surface area (Å²) in [4.78, 5) is 0. The van der Waals surface area contributed by atoms with Crippen LogP contribution in [0.2, 0.25) is 0 Å². The van der Waals surface area contributed by atoms with Crippen molar-refractivity contribution in [2.24, 2.45) is 0 Å². The second-order valence-corrected chi connectivity index (χ2v) is 2.07. The standard InChI is InChI=1S/C6H9N3O/c1-4-6(8)5(7)2-3-9(4)10/h2-3,7,10H,8H2,1H3. The summed E-state index contributed by atoms with van der Waals surface area (Å²) in [6.45, 7) is 1.65. The van der Waals surface area contributed by atoms with Crippen molar-refractivity contribution >= 4 is 5.69 Å². The van der Waals surface area contributed by atoms with Crippen LogP contribution in [0.15, 0.2) is 12.3 Å². The minimum atomic E-state index is 0.239. The number of pyridine rings is 1. The predicted octanol–water partition coefficient (Wildman–Crippen LogP) is 0.0955. The lowest BCUT2D eigenvalue weighted by Crippen LogP contribution is -2.13. The summed E-state index contributed by atoms with van der Waals surface area (Å²) >= 11 is 0. The van der Waals surface area contributed by atoms with E-state index in [9.17, 15) is 0 Å². The SMILES string of the molecule is Cc1c(N)c(=N)ccn1O. The molecule has 0 radical (unpaired) electrons. The maximum absolute atomic E-state index is 8.98. The molecule has 0 fully saturated rings. The van der Waals surface area contributed by atoms with Crippen LogP contribution >= 0.6 is 0 Å². The van der Waals surface area contributed by atoms with Crippen LogP contribution in [0.3, 0.4) is 0 Å². The number of anilines is 1. The van der Waals surface area contributed by atoms with Crippen LogP contribution in [0.4, 0.5) is 5.69 Å². The topological polar surface area (TPSA) is 75.0 Å². The van der Waals surface area contributed by atoms with Gasteiger partial charge in [0.05, 0.1) is 16.7 Å². The lowest BCUT2D eigenvalue weighted by molar-refractivity contribution is 0.178. The molecule has 0 aliphatic carbocycles. The molecule has 1 heterocycles. The zero-order chi connectivity index (χ0) is 7.72. The summed E-state index contributed by atoms with van der Waals surface area (Å²) in [6, 6.07) is 1.43. The number of nitrogens with zero attached hydrogens (tertiary/aromatic N) is 1. The fraction of sp³-hybridized carbons (Fsp3) is 0.167. The molecule has 0 aliphatic heterocycles. The first-order valence-electron chi connectivity index (χ1n) is 2.84. The Hall–Kier alpha value is -1.45. The molecule has 0 aliphatic rings. The third-order valence-electron chi connectivity index (χ3n) is 1.41. The molecule has 0 saturated carbocycles. The summed E-state index contributed by atoms with van der Waals surface area (Å²) in [5.41, 5.74) is 6.22. The number of rotatable bonds is 0. The first kappa shape index (κ1) is 6.67. The van der Waals surface area contributed by atoms with Crippen LogP contribution < -0.4 is 11.1 Å². The van der Waals surface area contributed by atoms with Gasteiger partial charge in [-0.2, -0.15) is 4.73 Å². The Labute approximate surface area is 58.0 Å². The van der Waals surface area contributed by atoms with E-state index < -0.39 is 0 Å². The van der Waals surface area contributed by atoms with E-state index in [1.165, 1.54) is 12.3 Å². The smallest absolute Gasteiger partial charge is 0.0804 e. The Bertz CT molecular complexity index is 302. The second-order valence-electron chi connectivity index (χ2n) is 2.07. The lowest BCUT2D eigenvalue weighted by Gasteiger charge is -2.03. The molecule has 0 spiro atoms. The number of nitrogens with two attached hydrogens (primary N) is 1. The Morgan fingerprint density at radius 2 is 2.30 bits per heavy atom. The van der Waals surface area contributed by atoms with Crippen molar-refractivity contribution in [2.45, 2.75) is 6.92 Å². The molecule has 0 unspecified atom stereocenters. The monoisotopic (exact) mass is 139 g/mol. The van der Waals surface area contributed by atoms with Gasteiger partial charge in [0.25, 0.3) is 0 Å². The molecule has 4 nitrogen and oxygen atoms in total. The van der Waals surface area contributed by atoms with Crippen LogP contribution in [0.25, 0.3) is 0 Å². The van der Waals surface area contributed by atoms with Gasteiger partial charge in [0, 0.05) is 6.20 Å². The van der Waals surface area contributed by atoms with Crippen LogP contribution in [-0.2, 0) is 0 Å². The third-order valence-corrected chi connectivity index (χ3v) is 1.41. The number of nitrogen functional groups attached to an aromatic ring is 1. The predicted molar refractivity (Wildman–Crippen MR) is 36.6 cm³/mol. The van der Waals surface area contributed by atoms with Gasteiger partial charge in [0.2, 0.25) is 0 Å². The molecule has 0 bridgehead atoms. The average molecular weight is 139 g/mol. The minimum absolute atomic E-state index is 0.239. The lowest BCUT2D eigenvalue weighted by atomic mass is 10.3. The zero-order valence-electron chi connectivity index (χ0n) is 5.63. The Morgan fingerprint density at radius 1 is 1.70 bits per heavy atom. The first-order chi connectivity index (χ1) is 4.63. The number of aromatic nitrogens is 1. The molecule has 4 N–H and O–H groups in total. The van der Waals surface area contributed by atoms with Gasteiger partial charge in [0.1, 0.15) is 0 Å². The Balaban J connectivity index is 3.49. The highest BCUT2D eigenvalue weighted by atomic mass is 16.5. The first-order valence-corrected chi connectivity index (χ1v) is 2.84. The molecule has 1 rings (SSSR count). The van der Waals surface area contributed by atoms with Crippen molar-refractivity contribution in [3.05, 3.63) is 23.3 Å². The number of hydrogen-bond donors (Lipinski definition) is 3. The molecule has 10 heavy (non-hydrogen) atoms. The van der Waals surface area contributed by atoms with Crippen molar-refractivity contribution in [3.63, 3.8) is 0 Å². The zero-order valence-corrected chi connectivity index (χ0v) is 5.63. The normalized spacial score (nSPS) is 9.70. The molecule has 0 aromatic carbocycles. The Kier molecular flexibility index (Phi) is 1.37. The van der Waals surface area contributed by atoms with E-state index in [-0.39, 0.29) is 5.36 Å². The summed E-state index contributed by atoms with van der Waals surface area (Å²) in [6.07, 6.45) is 1.38. The van der Waals surface area contributed by atoms with Gasteiger partial charge in [-0.3, -0.25) is 5.41 Å². The van der Waals surface area contributed by atoms with Crippen molar-refractivity contribution in [3.8, 4) is 0 Å². The summed E-state index contributed by atoms with van der Waals surface area (Å²) in [5.74, 6) is 0. The average Bonchev–Trinajstić information content (AvgIpc) is 1.93. The van der Waals surface area contributed by atoms with Gasteiger partial charge in [-0.15, -0.1) is 0 Å². The van der Waals surface area contributed by atoms with Crippen LogP contribution in [0.5, 0.6) is 0 Å². The summed E-state index contributed by atoms with van der Waals surface area (Å²) < 4.78 is 0.896. The molecule has 0 amide bonds. The molecule has 0 atom stereocenters. The molecule has 1 aromatic rings. The largest absolute Gasteiger partial charge is 0.429 e. The van der Waals surface area contributed by atoms with Crippen LogP contribution in [0.1, 0.15) is 5.69 Å². The van der Waals surface area contributed by atoms with Gasteiger partial charge < -0.3 is 10.9 Å². The minimum Gasteiger partial charge on any atom is -0.429 e. The fourth-order valence-electron chi connectivity index (χ4n) is 0.665. The van der Waals surface area contributed by atoms with Crippen LogP contribution in [-0.4, -0.2) is 9.94 Å². The Morgan fingerprint density at radius 3 is 2.80 bits per heavy atom. The number of hydrogen-bond acceptors (Lipinski definition) is 3. The van der Waals surface area contributed by atoms with E-state index in [0.29, 0.717) is 11.4 Å². The van der Waals surface area contributed by atoms with E-state index in [1.807, 2.05) is 0 Å². The van der Waals surface area contributed by atoms with Crippen molar-refractivity contribution in [1.29, 1.82) is 5.41 Å². The highest BCUT2D eigenvalue weighted by molar-refractivity contribution is 5.40. The molecule has 1 aromatic heterocycles. The maximum atomic E-state index is 8.98. The number of nitrogens with one attached hydrogen (secondary N) is 1. The molecule has 54 valence electrons. The van der Waals surface area contributed by atoms with E-state index in [2.05, 4.69) is 0 Å². The molecular weight excluding hydrogens is 130 g/mol.